The van der Waals surface area contributed by atoms with E-state index in [0.717, 1.165) is 5.56 Å². The Morgan fingerprint density at radius 3 is 2.23 bits per heavy atom. The monoisotopic (exact) mass is 294 g/mol. The Bertz CT molecular complexity index is 720. The van der Waals surface area contributed by atoms with E-state index in [4.69, 9.17) is 17.2 Å². The molecule has 0 radical (unpaired) electrons. The highest BCUT2D eigenvalue weighted by atomic mass is 16.1. The van der Waals surface area contributed by atoms with Crippen LogP contribution in [-0.4, -0.2) is 5.91 Å². The molecule has 112 valence electrons. The van der Waals surface area contributed by atoms with Gasteiger partial charge in [0, 0.05) is 16.9 Å². The molecule has 0 fully saturated rings. The van der Waals surface area contributed by atoms with Gasteiger partial charge in [0.25, 0.3) is 0 Å². The molecule has 0 atom stereocenters. The van der Waals surface area contributed by atoms with Crippen molar-refractivity contribution in [1.82, 2.24) is 0 Å². The second-order valence-electron chi connectivity index (χ2n) is 4.68. The maximum Gasteiger partial charge on any atom is 0.248 e. The van der Waals surface area contributed by atoms with Crippen LogP contribution in [0.2, 0.25) is 0 Å². The molecule has 7 N–H and O–H groups in total. The van der Waals surface area contributed by atoms with Crippen LogP contribution in [0.1, 0.15) is 15.9 Å². The standard InChI is InChI=1S/C17H18N4O/c18-15(12-5-2-1-3-6-12)9-10-16(19)21-14-8-4-7-13(11-14)17(20)22/h1-11,21H,18-19H2,(H2,20,22)/b15-9-,16-10+. The van der Waals surface area contributed by atoms with Gasteiger partial charge in [-0.05, 0) is 35.9 Å². The van der Waals surface area contributed by atoms with E-state index in [-0.39, 0.29) is 0 Å². The lowest BCUT2D eigenvalue weighted by Crippen LogP contribution is -2.12. The van der Waals surface area contributed by atoms with Crippen LogP contribution in [0.3, 0.4) is 0 Å². The van der Waals surface area contributed by atoms with Crippen LogP contribution in [0.25, 0.3) is 5.70 Å². The molecular weight excluding hydrogens is 276 g/mol. The van der Waals surface area contributed by atoms with Crippen molar-refractivity contribution in [2.45, 2.75) is 0 Å². The lowest BCUT2D eigenvalue weighted by molar-refractivity contribution is 0.100. The van der Waals surface area contributed by atoms with E-state index in [9.17, 15) is 4.79 Å². The van der Waals surface area contributed by atoms with Crippen molar-refractivity contribution >= 4 is 17.3 Å². The van der Waals surface area contributed by atoms with Gasteiger partial charge >= 0.3 is 0 Å². The smallest absolute Gasteiger partial charge is 0.248 e. The van der Waals surface area contributed by atoms with Crippen LogP contribution in [0.15, 0.2) is 72.6 Å². The van der Waals surface area contributed by atoms with Gasteiger partial charge in [-0.1, -0.05) is 36.4 Å². The number of primary amides is 1. The number of nitrogens with two attached hydrogens (primary N) is 3. The molecule has 0 saturated carbocycles. The minimum atomic E-state index is -0.487. The van der Waals surface area contributed by atoms with Crippen LogP contribution in [0.5, 0.6) is 0 Å². The molecule has 0 spiro atoms. The Kier molecular flexibility index (Phi) is 4.82. The lowest BCUT2D eigenvalue weighted by Gasteiger charge is -2.07. The molecule has 0 aliphatic heterocycles. The Morgan fingerprint density at radius 1 is 0.864 bits per heavy atom. The first kappa shape index (κ1) is 15.2. The second-order valence-corrected chi connectivity index (χ2v) is 4.68. The van der Waals surface area contributed by atoms with E-state index in [1.165, 1.54) is 0 Å². The van der Waals surface area contributed by atoms with Gasteiger partial charge in [-0.15, -0.1) is 0 Å². The number of hydrogen-bond acceptors (Lipinski definition) is 4. The summed E-state index contributed by atoms with van der Waals surface area (Å²) >= 11 is 0. The van der Waals surface area contributed by atoms with E-state index in [2.05, 4.69) is 5.32 Å². The van der Waals surface area contributed by atoms with Gasteiger partial charge in [0.05, 0.1) is 0 Å². The van der Waals surface area contributed by atoms with Gasteiger partial charge < -0.3 is 22.5 Å². The number of nitrogens with one attached hydrogen (secondary N) is 1. The molecule has 0 saturated heterocycles. The van der Waals surface area contributed by atoms with Gasteiger partial charge in [-0.25, -0.2) is 0 Å². The molecule has 0 heterocycles. The Hall–Kier alpha value is -3.21. The molecule has 2 rings (SSSR count). The maximum absolute atomic E-state index is 11.1. The highest BCUT2D eigenvalue weighted by Crippen LogP contribution is 2.12. The van der Waals surface area contributed by atoms with E-state index >= 15 is 0 Å². The van der Waals surface area contributed by atoms with Gasteiger partial charge in [0.1, 0.15) is 5.82 Å². The first-order valence-electron chi connectivity index (χ1n) is 6.71. The summed E-state index contributed by atoms with van der Waals surface area (Å²) < 4.78 is 0. The summed E-state index contributed by atoms with van der Waals surface area (Å²) in [5, 5.41) is 2.97. The lowest BCUT2D eigenvalue weighted by atomic mass is 10.1. The summed E-state index contributed by atoms with van der Waals surface area (Å²) in [6.45, 7) is 0. The van der Waals surface area contributed by atoms with Crippen LogP contribution in [0.4, 0.5) is 5.69 Å². The molecule has 0 aliphatic rings. The third kappa shape index (κ3) is 4.14. The highest BCUT2D eigenvalue weighted by Gasteiger charge is 2.01. The van der Waals surface area contributed by atoms with Gasteiger partial charge in [0.15, 0.2) is 0 Å². The number of allylic oxidation sites excluding steroid dienone is 2. The quantitative estimate of drug-likeness (QED) is 0.632. The third-order valence-corrected chi connectivity index (χ3v) is 2.99. The average Bonchev–Trinajstić information content (AvgIpc) is 2.53. The number of benzene rings is 2. The molecule has 5 nitrogen and oxygen atoms in total. The maximum atomic E-state index is 11.1. The van der Waals surface area contributed by atoms with Crippen LogP contribution in [-0.2, 0) is 0 Å². The fraction of sp³-hybridized carbons (Fsp3) is 0. The average molecular weight is 294 g/mol. The Labute approximate surface area is 129 Å². The number of rotatable bonds is 5. The minimum absolute atomic E-state index is 0.403. The normalized spacial score (nSPS) is 12.0. The second kappa shape index (κ2) is 6.99. The van der Waals surface area contributed by atoms with E-state index < -0.39 is 5.91 Å². The number of hydrogen-bond donors (Lipinski definition) is 4. The zero-order valence-electron chi connectivity index (χ0n) is 12.0. The number of anilines is 1. The molecule has 2 aromatic rings. The van der Waals surface area contributed by atoms with E-state index in [0.29, 0.717) is 22.8 Å². The third-order valence-electron chi connectivity index (χ3n) is 2.99. The highest BCUT2D eigenvalue weighted by molar-refractivity contribution is 5.93. The van der Waals surface area contributed by atoms with Crippen molar-refractivity contribution in [3.8, 4) is 0 Å². The Morgan fingerprint density at radius 2 is 1.55 bits per heavy atom. The molecular formula is C17H18N4O. The molecule has 22 heavy (non-hydrogen) atoms. The van der Waals surface area contributed by atoms with Crippen LogP contribution < -0.4 is 22.5 Å². The largest absolute Gasteiger partial charge is 0.398 e. The number of carbonyl (C=O) groups excluding carboxylic acids is 1. The summed E-state index contributed by atoms with van der Waals surface area (Å²) in [5.41, 5.74) is 19.7. The molecule has 0 bridgehead atoms. The predicted molar refractivity (Wildman–Crippen MR) is 89.5 cm³/mol. The molecule has 0 aromatic heterocycles. The van der Waals surface area contributed by atoms with Gasteiger partial charge in [-0.2, -0.15) is 0 Å². The van der Waals surface area contributed by atoms with Crippen molar-refractivity contribution in [1.29, 1.82) is 0 Å². The van der Waals surface area contributed by atoms with Gasteiger partial charge in [0.2, 0.25) is 5.91 Å². The van der Waals surface area contributed by atoms with Gasteiger partial charge in [-0.3, -0.25) is 4.79 Å². The zero-order chi connectivity index (χ0) is 15.9. The topological polar surface area (TPSA) is 107 Å². The van der Waals surface area contributed by atoms with Crippen molar-refractivity contribution in [3.63, 3.8) is 0 Å². The molecule has 0 unspecified atom stereocenters. The molecule has 1 amide bonds. The molecule has 5 heteroatoms. The first-order chi connectivity index (χ1) is 10.6. The first-order valence-corrected chi connectivity index (χ1v) is 6.71. The predicted octanol–water partition coefficient (Wildman–Crippen LogP) is 2.00. The van der Waals surface area contributed by atoms with Crippen molar-refractivity contribution in [2.75, 3.05) is 5.32 Å². The zero-order valence-corrected chi connectivity index (χ0v) is 12.0. The fourth-order valence-corrected chi connectivity index (χ4v) is 1.86. The van der Waals surface area contributed by atoms with Crippen molar-refractivity contribution in [3.05, 3.63) is 83.7 Å². The molecule has 2 aromatic carbocycles. The SMILES string of the molecule is NC(=O)c1cccc(N/C(N)=C/C=C(\N)c2ccccc2)c1. The Balaban J connectivity index is 2.10. The summed E-state index contributed by atoms with van der Waals surface area (Å²) in [6.07, 6.45) is 3.38. The molecule has 0 aliphatic carbocycles. The summed E-state index contributed by atoms with van der Waals surface area (Å²) in [6, 6.07) is 16.4. The minimum Gasteiger partial charge on any atom is -0.398 e. The van der Waals surface area contributed by atoms with E-state index in [1.807, 2.05) is 30.3 Å². The fourth-order valence-electron chi connectivity index (χ4n) is 1.86. The summed E-state index contributed by atoms with van der Waals surface area (Å²) in [5.74, 6) is -0.0834. The summed E-state index contributed by atoms with van der Waals surface area (Å²) in [4.78, 5) is 11.1. The van der Waals surface area contributed by atoms with Crippen molar-refractivity contribution in [2.24, 2.45) is 17.2 Å². The summed E-state index contributed by atoms with van der Waals surface area (Å²) in [7, 11) is 0. The number of amides is 1. The van der Waals surface area contributed by atoms with Crippen molar-refractivity contribution < 1.29 is 4.79 Å². The van der Waals surface area contributed by atoms with Crippen LogP contribution >= 0.6 is 0 Å². The van der Waals surface area contributed by atoms with Crippen LogP contribution in [0, 0.1) is 0 Å². The van der Waals surface area contributed by atoms with E-state index in [1.54, 1.807) is 36.4 Å². The number of carbonyl (C=O) groups is 1.